The van der Waals surface area contributed by atoms with Gasteiger partial charge in [0, 0.05) is 50.2 Å². The lowest BCUT2D eigenvalue weighted by atomic mass is 10.4. The Hall–Kier alpha value is -1.15. The topological polar surface area (TPSA) is 32.6 Å². The maximum atomic E-state index is 4.36. The summed E-state index contributed by atoms with van der Waals surface area (Å²) in [7, 11) is 5.96. The molecule has 126 valence electrons. The third-order valence-electron chi connectivity index (χ3n) is 3.42. The van der Waals surface area contributed by atoms with E-state index >= 15 is 0 Å². The molecule has 0 spiro atoms. The summed E-state index contributed by atoms with van der Waals surface area (Å²) in [5.74, 6) is 1.94. The number of halogens is 1. The van der Waals surface area contributed by atoms with E-state index in [1.165, 1.54) is 10.6 Å². The molecule has 23 heavy (non-hydrogen) atoms. The highest BCUT2D eigenvalue weighted by molar-refractivity contribution is 14.0. The number of hydrogen-bond donors (Lipinski definition) is 1. The van der Waals surface area contributed by atoms with E-state index in [2.05, 4.69) is 76.5 Å². The van der Waals surface area contributed by atoms with Crippen LogP contribution in [0.1, 0.15) is 5.69 Å². The van der Waals surface area contributed by atoms with Crippen LogP contribution >= 0.6 is 35.7 Å². The summed E-state index contributed by atoms with van der Waals surface area (Å²) in [5, 5.41) is 3.42. The zero-order valence-electron chi connectivity index (χ0n) is 13.9. The van der Waals surface area contributed by atoms with Gasteiger partial charge >= 0.3 is 0 Å². The van der Waals surface area contributed by atoms with E-state index in [0.29, 0.717) is 0 Å². The van der Waals surface area contributed by atoms with Gasteiger partial charge in [-0.25, -0.2) is 0 Å². The SMILES string of the molecule is CN=C(NCCSc1ccccc1)N(C)Cc1cccn1C.I. The van der Waals surface area contributed by atoms with Crippen LogP contribution in [-0.2, 0) is 13.6 Å². The summed E-state index contributed by atoms with van der Waals surface area (Å²) in [6, 6.07) is 14.7. The maximum absolute atomic E-state index is 4.36. The predicted molar refractivity (Wildman–Crippen MR) is 111 cm³/mol. The number of hydrogen-bond acceptors (Lipinski definition) is 2. The molecule has 1 N–H and O–H groups in total. The number of guanidine groups is 1. The Kier molecular flexibility index (Phi) is 9.16. The highest BCUT2D eigenvalue weighted by Crippen LogP contribution is 2.15. The average Bonchev–Trinajstić information content (AvgIpc) is 2.93. The van der Waals surface area contributed by atoms with Crippen LogP contribution in [0.4, 0.5) is 0 Å². The quantitative estimate of drug-likeness (QED) is 0.244. The number of benzene rings is 1. The van der Waals surface area contributed by atoms with Crippen molar-refractivity contribution in [3.05, 3.63) is 54.4 Å². The van der Waals surface area contributed by atoms with Gasteiger partial charge in [-0.3, -0.25) is 4.99 Å². The highest BCUT2D eigenvalue weighted by atomic mass is 127. The van der Waals surface area contributed by atoms with Crippen LogP contribution < -0.4 is 5.32 Å². The minimum atomic E-state index is 0. The zero-order chi connectivity index (χ0) is 15.8. The first kappa shape index (κ1) is 19.9. The van der Waals surface area contributed by atoms with Gasteiger partial charge in [-0.05, 0) is 24.3 Å². The van der Waals surface area contributed by atoms with Gasteiger partial charge in [-0.2, -0.15) is 0 Å². The fourth-order valence-electron chi connectivity index (χ4n) is 2.21. The van der Waals surface area contributed by atoms with Crippen molar-refractivity contribution in [1.29, 1.82) is 0 Å². The molecule has 0 aliphatic carbocycles. The molecule has 2 rings (SSSR count). The number of aliphatic imine (C=N–C) groups is 1. The van der Waals surface area contributed by atoms with E-state index in [4.69, 9.17) is 0 Å². The molecule has 1 heterocycles. The van der Waals surface area contributed by atoms with Crippen molar-refractivity contribution in [2.75, 3.05) is 26.4 Å². The van der Waals surface area contributed by atoms with Crippen molar-refractivity contribution in [3.8, 4) is 0 Å². The minimum Gasteiger partial charge on any atom is -0.355 e. The fourth-order valence-corrected chi connectivity index (χ4v) is 3.00. The van der Waals surface area contributed by atoms with E-state index < -0.39 is 0 Å². The van der Waals surface area contributed by atoms with Crippen LogP contribution in [0.2, 0.25) is 0 Å². The molecule has 0 aliphatic rings. The maximum Gasteiger partial charge on any atom is 0.193 e. The number of aryl methyl sites for hydroxylation is 1. The van der Waals surface area contributed by atoms with Crippen LogP contribution in [0.25, 0.3) is 0 Å². The minimum absolute atomic E-state index is 0. The van der Waals surface area contributed by atoms with E-state index in [9.17, 15) is 0 Å². The Balaban J connectivity index is 0.00000264. The van der Waals surface area contributed by atoms with E-state index in [0.717, 1.165) is 24.8 Å². The molecule has 0 bridgehead atoms. The number of nitrogens with zero attached hydrogens (tertiary/aromatic N) is 3. The summed E-state index contributed by atoms with van der Waals surface area (Å²) >= 11 is 1.85. The third-order valence-corrected chi connectivity index (χ3v) is 4.43. The van der Waals surface area contributed by atoms with E-state index in [1.54, 1.807) is 0 Å². The van der Waals surface area contributed by atoms with Crippen molar-refractivity contribution in [2.45, 2.75) is 11.4 Å². The summed E-state index contributed by atoms with van der Waals surface area (Å²) in [6.45, 7) is 1.73. The number of nitrogens with one attached hydrogen (secondary N) is 1. The lowest BCUT2D eigenvalue weighted by molar-refractivity contribution is 0.464. The van der Waals surface area contributed by atoms with Crippen molar-refractivity contribution in [1.82, 2.24) is 14.8 Å². The third kappa shape index (κ3) is 6.47. The molecule has 0 saturated heterocycles. The van der Waals surface area contributed by atoms with Crippen LogP contribution in [0, 0.1) is 0 Å². The van der Waals surface area contributed by atoms with E-state index in [1.807, 2.05) is 24.9 Å². The molecule has 4 nitrogen and oxygen atoms in total. The number of aromatic nitrogens is 1. The predicted octanol–water partition coefficient (Wildman–Crippen LogP) is 3.44. The largest absolute Gasteiger partial charge is 0.355 e. The second-order valence-electron chi connectivity index (χ2n) is 5.10. The fraction of sp³-hybridized carbons (Fsp3) is 0.353. The van der Waals surface area contributed by atoms with Crippen molar-refractivity contribution in [3.63, 3.8) is 0 Å². The van der Waals surface area contributed by atoms with Gasteiger partial charge in [-0.15, -0.1) is 35.7 Å². The van der Waals surface area contributed by atoms with Crippen LogP contribution in [0.5, 0.6) is 0 Å². The molecule has 2 aromatic rings. The van der Waals surface area contributed by atoms with Crippen molar-refractivity contribution < 1.29 is 0 Å². The van der Waals surface area contributed by atoms with Crippen LogP contribution in [0.3, 0.4) is 0 Å². The Bertz CT molecular complexity index is 598. The van der Waals surface area contributed by atoms with Gasteiger partial charge < -0.3 is 14.8 Å². The van der Waals surface area contributed by atoms with Crippen LogP contribution in [-0.4, -0.2) is 41.8 Å². The number of rotatable bonds is 6. The van der Waals surface area contributed by atoms with Crippen LogP contribution in [0.15, 0.2) is 58.5 Å². The van der Waals surface area contributed by atoms with E-state index in [-0.39, 0.29) is 24.0 Å². The Morgan fingerprint density at radius 2 is 1.96 bits per heavy atom. The first-order chi connectivity index (χ1) is 10.7. The second-order valence-corrected chi connectivity index (χ2v) is 6.27. The first-order valence-electron chi connectivity index (χ1n) is 7.40. The van der Waals surface area contributed by atoms with Gasteiger partial charge in [0.1, 0.15) is 0 Å². The van der Waals surface area contributed by atoms with Gasteiger partial charge in [0.2, 0.25) is 0 Å². The zero-order valence-corrected chi connectivity index (χ0v) is 17.0. The van der Waals surface area contributed by atoms with Crippen molar-refractivity contribution >= 4 is 41.7 Å². The Morgan fingerprint density at radius 1 is 1.22 bits per heavy atom. The van der Waals surface area contributed by atoms with Gasteiger partial charge in [0.05, 0.1) is 6.54 Å². The van der Waals surface area contributed by atoms with Crippen molar-refractivity contribution in [2.24, 2.45) is 12.0 Å². The van der Waals surface area contributed by atoms with Gasteiger partial charge in [-0.1, -0.05) is 18.2 Å². The molecule has 0 fully saturated rings. The molecule has 0 amide bonds. The molecule has 0 aliphatic heterocycles. The lowest BCUT2D eigenvalue weighted by Gasteiger charge is -2.22. The summed E-state index contributed by atoms with van der Waals surface area (Å²) in [6.07, 6.45) is 2.07. The molecule has 0 unspecified atom stereocenters. The molecular weight excluding hydrogens is 419 g/mol. The normalized spacial score (nSPS) is 11.0. The van der Waals surface area contributed by atoms with Gasteiger partial charge in [0.15, 0.2) is 5.96 Å². The Labute approximate surface area is 160 Å². The molecule has 0 atom stereocenters. The molecule has 0 radical (unpaired) electrons. The summed E-state index contributed by atoms with van der Waals surface area (Å²) < 4.78 is 2.13. The molecule has 1 aromatic heterocycles. The second kappa shape index (κ2) is 10.6. The molecule has 0 saturated carbocycles. The first-order valence-corrected chi connectivity index (χ1v) is 8.39. The summed E-state index contributed by atoms with van der Waals surface area (Å²) in [4.78, 5) is 7.80. The lowest BCUT2D eigenvalue weighted by Crippen LogP contribution is -2.39. The smallest absolute Gasteiger partial charge is 0.193 e. The number of thioether (sulfide) groups is 1. The highest BCUT2D eigenvalue weighted by Gasteiger charge is 2.07. The monoisotopic (exact) mass is 444 g/mol. The molecule has 1 aromatic carbocycles. The summed E-state index contributed by atoms with van der Waals surface area (Å²) in [5.41, 5.74) is 1.27. The Morgan fingerprint density at radius 3 is 2.57 bits per heavy atom. The average molecular weight is 444 g/mol. The standard InChI is InChI=1S/C17H24N4S.HI/c1-18-17(21(3)14-15-8-7-12-20(15)2)19-11-13-22-16-9-5-4-6-10-16;/h4-10,12H,11,13-14H2,1-3H3,(H,18,19);1H. The molecular formula is C17H25IN4S. The molecule has 6 heteroatoms. The van der Waals surface area contributed by atoms with Gasteiger partial charge in [0.25, 0.3) is 0 Å².